The number of hydrogen-bond donors (Lipinski definition) is 1. The number of nitrogens with one attached hydrogen (secondary N) is 1. The van der Waals surface area contributed by atoms with E-state index in [9.17, 15) is 4.79 Å². The molecule has 0 radical (unpaired) electrons. The summed E-state index contributed by atoms with van der Waals surface area (Å²) in [6.45, 7) is 2.26. The molecule has 0 saturated carbocycles. The maximum Gasteiger partial charge on any atom is 0.318 e. The lowest BCUT2D eigenvalue weighted by molar-refractivity contribution is -0.151. The molecule has 1 aromatic rings. The van der Waals surface area contributed by atoms with E-state index in [2.05, 4.69) is 17.5 Å². The number of ether oxygens (including phenoxy) is 1. The highest BCUT2D eigenvalue weighted by Gasteiger charge is 2.47. The number of likely N-dealkylation sites (N-methyl/N-ethyl adjacent to an activating group) is 1. The van der Waals surface area contributed by atoms with Gasteiger partial charge in [-0.15, -0.1) is 12.4 Å². The number of rotatable bonds is 4. The Kier molecular flexibility index (Phi) is 6.24. The van der Waals surface area contributed by atoms with Crippen molar-refractivity contribution >= 4 is 18.4 Å². The van der Waals surface area contributed by atoms with Crippen molar-refractivity contribution in [2.24, 2.45) is 0 Å². The van der Waals surface area contributed by atoms with E-state index in [4.69, 9.17) is 4.74 Å². The third kappa shape index (κ3) is 2.89. The van der Waals surface area contributed by atoms with Gasteiger partial charge in [0.1, 0.15) is 5.41 Å². The lowest BCUT2D eigenvalue weighted by Crippen LogP contribution is -2.53. The van der Waals surface area contributed by atoms with Crippen LogP contribution in [0.3, 0.4) is 0 Å². The lowest BCUT2D eigenvalue weighted by atomic mass is 9.68. The summed E-state index contributed by atoms with van der Waals surface area (Å²) in [7, 11) is 1.89. The van der Waals surface area contributed by atoms with Gasteiger partial charge < -0.3 is 10.1 Å². The fourth-order valence-electron chi connectivity index (χ4n) is 2.87. The molecule has 1 aliphatic rings. The van der Waals surface area contributed by atoms with Crippen molar-refractivity contribution in [3.63, 3.8) is 0 Å². The number of halogens is 1. The molecule has 0 aromatic heterocycles. The second-order valence-corrected chi connectivity index (χ2v) is 4.79. The van der Waals surface area contributed by atoms with E-state index < -0.39 is 5.41 Å². The van der Waals surface area contributed by atoms with Crippen LogP contribution in [-0.2, 0) is 14.9 Å². The van der Waals surface area contributed by atoms with Gasteiger partial charge in [-0.1, -0.05) is 42.5 Å². The second-order valence-electron chi connectivity index (χ2n) is 4.79. The van der Waals surface area contributed by atoms with Crippen LogP contribution in [0.2, 0.25) is 0 Å². The Bertz CT molecular complexity index is 461. The zero-order valence-corrected chi connectivity index (χ0v) is 12.8. The van der Waals surface area contributed by atoms with E-state index >= 15 is 0 Å². The molecule has 2 atom stereocenters. The average molecular weight is 296 g/mol. The minimum atomic E-state index is -0.610. The number of esters is 1. The van der Waals surface area contributed by atoms with E-state index in [0.717, 1.165) is 18.4 Å². The molecule has 1 aromatic carbocycles. The Morgan fingerprint density at radius 3 is 2.70 bits per heavy atom. The molecule has 0 spiro atoms. The molecule has 1 N–H and O–H groups in total. The van der Waals surface area contributed by atoms with Crippen LogP contribution in [-0.4, -0.2) is 25.7 Å². The molecule has 2 rings (SSSR count). The van der Waals surface area contributed by atoms with Crippen molar-refractivity contribution in [3.8, 4) is 0 Å². The van der Waals surface area contributed by atoms with Gasteiger partial charge >= 0.3 is 5.97 Å². The first-order valence-corrected chi connectivity index (χ1v) is 6.82. The van der Waals surface area contributed by atoms with E-state index in [-0.39, 0.29) is 24.4 Å². The lowest BCUT2D eigenvalue weighted by Gasteiger charge is -2.39. The first-order chi connectivity index (χ1) is 9.25. The van der Waals surface area contributed by atoms with Crippen molar-refractivity contribution in [1.82, 2.24) is 5.32 Å². The number of carbonyl (C=O) groups excluding carboxylic acids is 1. The van der Waals surface area contributed by atoms with Crippen molar-refractivity contribution in [3.05, 3.63) is 48.0 Å². The summed E-state index contributed by atoms with van der Waals surface area (Å²) in [5.74, 6) is -0.134. The van der Waals surface area contributed by atoms with E-state index in [1.165, 1.54) is 0 Å². The normalized spacial score (nSPS) is 24.8. The van der Waals surface area contributed by atoms with Crippen LogP contribution >= 0.6 is 12.4 Å². The molecule has 0 heterocycles. The topological polar surface area (TPSA) is 38.3 Å². The zero-order valence-electron chi connectivity index (χ0n) is 12.0. The molecule has 0 bridgehead atoms. The maximum atomic E-state index is 12.6. The predicted octanol–water partition coefficient (Wildman–Crippen LogP) is 2.85. The van der Waals surface area contributed by atoms with Crippen LogP contribution < -0.4 is 5.32 Å². The maximum absolute atomic E-state index is 12.6. The van der Waals surface area contributed by atoms with Crippen molar-refractivity contribution < 1.29 is 9.53 Å². The summed E-state index contributed by atoms with van der Waals surface area (Å²) in [5.41, 5.74) is 0.415. The smallest absolute Gasteiger partial charge is 0.318 e. The van der Waals surface area contributed by atoms with Gasteiger partial charge in [-0.25, -0.2) is 0 Å². The molecule has 4 heteroatoms. The van der Waals surface area contributed by atoms with Crippen molar-refractivity contribution in [1.29, 1.82) is 0 Å². The molecule has 0 saturated heterocycles. The quantitative estimate of drug-likeness (QED) is 0.686. The van der Waals surface area contributed by atoms with E-state index in [1.54, 1.807) is 0 Å². The van der Waals surface area contributed by atoms with Crippen LogP contribution in [0.15, 0.2) is 42.5 Å². The third-order valence-corrected chi connectivity index (χ3v) is 3.80. The first kappa shape index (κ1) is 16.7. The number of benzene rings is 1. The molecule has 0 fully saturated rings. The second kappa shape index (κ2) is 7.46. The highest BCUT2D eigenvalue weighted by atomic mass is 35.5. The van der Waals surface area contributed by atoms with Crippen LogP contribution in [0.4, 0.5) is 0 Å². The molecule has 110 valence electrons. The minimum Gasteiger partial charge on any atom is -0.465 e. The Hall–Kier alpha value is -1.32. The fraction of sp³-hybridized carbons (Fsp3) is 0.438. The van der Waals surface area contributed by atoms with Gasteiger partial charge in [0.2, 0.25) is 0 Å². The summed E-state index contributed by atoms with van der Waals surface area (Å²) in [4.78, 5) is 12.6. The summed E-state index contributed by atoms with van der Waals surface area (Å²) >= 11 is 0. The Morgan fingerprint density at radius 2 is 2.10 bits per heavy atom. The highest BCUT2D eigenvalue weighted by molar-refractivity contribution is 5.85. The molecule has 0 amide bonds. The minimum absolute atomic E-state index is 0. The van der Waals surface area contributed by atoms with Gasteiger partial charge in [0.05, 0.1) is 6.61 Å². The third-order valence-electron chi connectivity index (χ3n) is 3.80. The van der Waals surface area contributed by atoms with Crippen LogP contribution in [0.1, 0.15) is 25.3 Å². The SMILES string of the molecule is CCOC(=O)C1(c2ccccc2)CCC=C[C@H]1NC.Cl. The molecule has 3 nitrogen and oxygen atoms in total. The van der Waals surface area contributed by atoms with Gasteiger partial charge in [-0.05, 0) is 32.4 Å². The largest absolute Gasteiger partial charge is 0.465 e. The average Bonchev–Trinajstić information content (AvgIpc) is 2.48. The van der Waals surface area contributed by atoms with Crippen LogP contribution in [0.25, 0.3) is 0 Å². The van der Waals surface area contributed by atoms with Crippen LogP contribution in [0, 0.1) is 0 Å². The van der Waals surface area contributed by atoms with Gasteiger partial charge in [0.25, 0.3) is 0 Å². The van der Waals surface area contributed by atoms with E-state index in [1.807, 2.05) is 44.3 Å². The number of carbonyl (C=O) groups is 1. The van der Waals surface area contributed by atoms with Crippen LogP contribution in [0.5, 0.6) is 0 Å². The monoisotopic (exact) mass is 295 g/mol. The Balaban J connectivity index is 0.00000200. The fourth-order valence-corrected chi connectivity index (χ4v) is 2.87. The predicted molar refractivity (Wildman–Crippen MR) is 83.2 cm³/mol. The molecular weight excluding hydrogens is 274 g/mol. The summed E-state index contributed by atoms with van der Waals surface area (Å²) in [5, 5.41) is 3.24. The number of allylic oxidation sites excluding steroid dienone is 1. The van der Waals surface area contributed by atoms with Crippen molar-refractivity contribution in [2.45, 2.75) is 31.2 Å². The molecule has 0 aliphatic heterocycles. The first-order valence-electron chi connectivity index (χ1n) is 6.82. The molecule has 1 aliphatic carbocycles. The molecule has 20 heavy (non-hydrogen) atoms. The van der Waals surface area contributed by atoms with Crippen molar-refractivity contribution in [2.75, 3.05) is 13.7 Å². The standard InChI is InChI=1S/C16H21NO2.ClH/c1-3-19-15(18)16(13-9-5-4-6-10-13)12-8-7-11-14(16)17-2;/h4-7,9-11,14,17H,3,8,12H2,1-2H3;1H/t14-,16?;/m1./s1. The molecule has 1 unspecified atom stereocenters. The highest BCUT2D eigenvalue weighted by Crippen LogP contribution is 2.38. The summed E-state index contributed by atoms with van der Waals surface area (Å²) < 4.78 is 5.36. The van der Waals surface area contributed by atoms with E-state index in [0.29, 0.717) is 6.61 Å². The Labute approximate surface area is 126 Å². The van der Waals surface area contributed by atoms with Gasteiger partial charge in [0.15, 0.2) is 0 Å². The van der Waals surface area contributed by atoms with Gasteiger partial charge in [-0.2, -0.15) is 0 Å². The summed E-state index contributed by atoms with van der Waals surface area (Å²) in [6, 6.07) is 9.92. The number of hydrogen-bond acceptors (Lipinski definition) is 3. The van der Waals surface area contributed by atoms with Gasteiger partial charge in [-0.3, -0.25) is 4.79 Å². The Morgan fingerprint density at radius 1 is 1.40 bits per heavy atom. The summed E-state index contributed by atoms with van der Waals surface area (Å²) in [6.07, 6.45) is 5.87. The zero-order chi connectivity index (χ0) is 13.7. The van der Waals surface area contributed by atoms with Gasteiger partial charge in [0, 0.05) is 6.04 Å². The molecular formula is C16H22ClNO2.